The maximum Gasteiger partial charge on any atom is 0.291 e. The summed E-state index contributed by atoms with van der Waals surface area (Å²) in [7, 11) is 1.84. The van der Waals surface area contributed by atoms with Crippen molar-refractivity contribution in [2.24, 2.45) is 7.05 Å². The summed E-state index contributed by atoms with van der Waals surface area (Å²) in [6.45, 7) is 1.88. The highest BCUT2D eigenvalue weighted by atomic mass is 16.2. The van der Waals surface area contributed by atoms with E-state index in [1.54, 1.807) is 16.8 Å². The van der Waals surface area contributed by atoms with E-state index in [9.17, 15) is 4.79 Å². The van der Waals surface area contributed by atoms with Gasteiger partial charge >= 0.3 is 0 Å². The van der Waals surface area contributed by atoms with Crippen LogP contribution in [0.4, 0.5) is 5.69 Å². The van der Waals surface area contributed by atoms with Crippen LogP contribution < -0.4 is 5.32 Å². The molecule has 0 fully saturated rings. The van der Waals surface area contributed by atoms with E-state index in [4.69, 9.17) is 0 Å². The molecule has 100 valence electrons. The Bertz CT molecular complexity index is 791. The Morgan fingerprint density at radius 1 is 1.25 bits per heavy atom. The number of carbonyl (C=O) groups excluding carboxylic acids is 1. The van der Waals surface area contributed by atoms with E-state index >= 15 is 0 Å². The summed E-state index contributed by atoms with van der Waals surface area (Å²) in [5.41, 5.74) is 3.32. The zero-order chi connectivity index (χ0) is 14.1. The Morgan fingerprint density at radius 3 is 2.80 bits per heavy atom. The van der Waals surface area contributed by atoms with Gasteiger partial charge in [-0.1, -0.05) is 12.1 Å². The third-order valence-corrected chi connectivity index (χ3v) is 3.14. The molecule has 2 heterocycles. The fourth-order valence-corrected chi connectivity index (χ4v) is 2.16. The molecular formula is C15H14N4O. The molecule has 1 N–H and O–H groups in total. The Kier molecular flexibility index (Phi) is 2.95. The second-order valence-corrected chi connectivity index (χ2v) is 4.62. The third-order valence-electron chi connectivity index (χ3n) is 3.14. The molecule has 2 aromatic heterocycles. The first-order valence-electron chi connectivity index (χ1n) is 6.30. The summed E-state index contributed by atoms with van der Waals surface area (Å²) in [6.07, 6.45) is 1.67. The van der Waals surface area contributed by atoms with Gasteiger partial charge in [0.05, 0.1) is 11.0 Å². The molecule has 20 heavy (non-hydrogen) atoms. The molecule has 1 aromatic carbocycles. The van der Waals surface area contributed by atoms with Gasteiger partial charge in [0.15, 0.2) is 5.82 Å². The van der Waals surface area contributed by atoms with E-state index in [-0.39, 0.29) is 5.91 Å². The summed E-state index contributed by atoms with van der Waals surface area (Å²) in [6, 6.07) is 11.2. The lowest BCUT2D eigenvalue weighted by atomic mass is 10.3. The second kappa shape index (κ2) is 4.77. The monoisotopic (exact) mass is 266 g/mol. The maximum atomic E-state index is 12.3. The molecule has 5 nitrogen and oxygen atoms in total. The third kappa shape index (κ3) is 2.14. The number of rotatable bonds is 2. The van der Waals surface area contributed by atoms with Crippen LogP contribution in [0.25, 0.3) is 11.0 Å². The molecular weight excluding hydrogens is 252 g/mol. The van der Waals surface area contributed by atoms with Crippen LogP contribution in [-0.2, 0) is 7.05 Å². The molecule has 0 spiro atoms. The quantitative estimate of drug-likeness (QED) is 0.775. The van der Waals surface area contributed by atoms with Gasteiger partial charge in [0.25, 0.3) is 5.91 Å². The lowest BCUT2D eigenvalue weighted by molar-refractivity contribution is 0.101. The second-order valence-electron chi connectivity index (χ2n) is 4.62. The lowest BCUT2D eigenvalue weighted by Gasteiger charge is -2.05. The summed E-state index contributed by atoms with van der Waals surface area (Å²) in [5.74, 6) is 0.162. The van der Waals surface area contributed by atoms with Gasteiger partial charge < -0.3 is 9.88 Å². The van der Waals surface area contributed by atoms with Crippen molar-refractivity contribution in [3.05, 3.63) is 54.1 Å². The van der Waals surface area contributed by atoms with Crippen LogP contribution in [0.3, 0.4) is 0 Å². The molecule has 0 aliphatic carbocycles. The van der Waals surface area contributed by atoms with Gasteiger partial charge in [-0.3, -0.25) is 9.78 Å². The van der Waals surface area contributed by atoms with Crippen molar-refractivity contribution < 1.29 is 4.79 Å². The predicted molar refractivity (Wildman–Crippen MR) is 77.6 cm³/mol. The van der Waals surface area contributed by atoms with Gasteiger partial charge in [0.2, 0.25) is 0 Å². The highest BCUT2D eigenvalue weighted by Crippen LogP contribution is 2.15. The zero-order valence-corrected chi connectivity index (χ0v) is 11.3. The fraction of sp³-hybridized carbons (Fsp3) is 0.133. The first-order valence-corrected chi connectivity index (χ1v) is 6.30. The summed E-state index contributed by atoms with van der Waals surface area (Å²) in [5, 5.41) is 2.84. The molecule has 0 bridgehead atoms. The SMILES string of the molecule is Cc1cc(NC(=O)c2nc3ccccc3n2C)ccn1. The van der Waals surface area contributed by atoms with E-state index in [0.717, 1.165) is 22.4 Å². The average Bonchev–Trinajstić information content (AvgIpc) is 2.77. The number of hydrogen-bond acceptors (Lipinski definition) is 3. The van der Waals surface area contributed by atoms with Crippen LogP contribution in [0.15, 0.2) is 42.6 Å². The van der Waals surface area contributed by atoms with Crippen molar-refractivity contribution in [1.82, 2.24) is 14.5 Å². The van der Waals surface area contributed by atoms with Gasteiger partial charge in [0, 0.05) is 24.6 Å². The van der Waals surface area contributed by atoms with Crippen molar-refractivity contribution in [3.63, 3.8) is 0 Å². The summed E-state index contributed by atoms with van der Waals surface area (Å²) < 4.78 is 1.79. The van der Waals surface area contributed by atoms with Gasteiger partial charge in [-0.15, -0.1) is 0 Å². The molecule has 3 rings (SSSR count). The first kappa shape index (κ1) is 12.3. The van der Waals surface area contributed by atoms with Crippen LogP contribution in [-0.4, -0.2) is 20.4 Å². The number of aryl methyl sites for hydroxylation is 2. The smallest absolute Gasteiger partial charge is 0.291 e. The largest absolute Gasteiger partial charge is 0.323 e. The molecule has 0 saturated heterocycles. The number of hydrogen-bond donors (Lipinski definition) is 1. The van der Waals surface area contributed by atoms with Gasteiger partial charge in [0.1, 0.15) is 0 Å². The summed E-state index contributed by atoms with van der Waals surface area (Å²) >= 11 is 0. The Labute approximate surface area is 116 Å². The van der Waals surface area contributed by atoms with E-state index < -0.39 is 0 Å². The van der Waals surface area contributed by atoms with Crippen LogP contribution in [0.5, 0.6) is 0 Å². The fourth-order valence-electron chi connectivity index (χ4n) is 2.16. The highest BCUT2D eigenvalue weighted by molar-refractivity contribution is 6.03. The van der Waals surface area contributed by atoms with Crippen molar-refractivity contribution in [2.45, 2.75) is 6.92 Å². The molecule has 0 atom stereocenters. The molecule has 0 saturated carbocycles. The number of benzene rings is 1. The number of imidazole rings is 1. The Balaban J connectivity index is 1.95. The number of amides is 1. The standard InChI is InChI=1S/C15H14N4O/c1-10-9-11(7-8-16-10)17-15(20)14-18-12-5-3-4-6-13(12)19(14)2/h3-9H,1-2H3,(H,16,17,20). The number of aromatic nitrogens is 3. The van der Waals surface area contributed by atoms with E-state index in [1.807, 2.05) is 44.3 Å². The van der Waals surface area contributed by atoms with E-state index in [2.05, 4.69) is 15.3 Å². The molecule has 5 heteroatoms. The van der Waals surface area contributed by atoms with E-state index in [1.165, 1.54) is 0 Å². The number of anilines is 1. The molecule has 1 amide bonds. The molecule has 3 aromatic rings. The molecule has 0 radical (unpaired) electrons. The number of pyridine rings is 1. The number of nitrogens with zero attached hydrogens (tertiary/aromatic N) is 3. The van der Waals surface area contributed by atoms with Gasteiger partial charge in [-0.2, -0.15) is 0 Å². The molecule has 0 aliphatic heterocycles. The number of para-hydroxylation sites is 2. The normalized spacial score (nSPS) is 10.7. The number of nitrogens with one attached hydrogen (secondary N) is 1. The lowest BCUT2D eigenvalue weighted by Crippen LogP contribution is -2.17. The van der Waals surface area contributed by atoms with Crippen molar-refractivity contribution in [1.29, 1.82) is 0 Å². The highest BCUT2D eigenvalue weighted by Gasteiger charge is 2.15. The zero-order valence-electron chi connectivity index (χ0n) is 11.3. The minimum atomic E-state index is -0.227. The Morgan fingerprint density at radius 2 is 2.05 bits per heavy atom. The minimum absolute atomic E-state index is 0.227. The summed E-state index contributed by atoms with van der Waals surface area (Å²) in [4.78, 5) is 20.8. The number of carbonyl (C=O) groups is 1. The average molecular weight is 266 g/mol. The first-order chi connectivity index (χ1) is 9.65. The van der Waals surface area contributed by atoms with Crippen molar-refractivity contribution in [3.8, 4) is 0 Å². The van der Waals surface area contributed by atoms with Crippen LogP contribution in [0.1, 0.15) is 16.3 Å². The van der Waals surface area contributed by atoms with Gasteiger partial charge in [-0.05, 0) is 31.2 Å². The Hall–Kier alpha value is -2.69. The molecule has 0 unspecified atom stereocenters. The van der Waals surface area contributed by atoms with Crippen molar-refractivity contribution >= 4 is 22.6 Å². The van der Waals surface area contributed by atoms with Gasteiger partial charge in [-0.25, -0.2) is 4.98 Å². The number of fused-ring (bicyclic) bond motifs is 1. The van der Waals surface area contributed by atoms with Crippen LogP contribution in [0.2, 0.25) is 0 Å². The molecule has 0 aliphatic rings. The van der Waals surface area contributed by atoms with Crippen LogP contribution >= 0.6 is 0 Å². The topological polar surface area (TPSA) is 59.8 Å². The maximum absolute atomic E-state index is 12.3. The minimum Gasteiger partial charge on any atom is -0.323 e. The van der Waals surface area contributed by atoms with E-state index in [0.29, 0.717) is 5.82 Å². The predicted octanol–water partition coefficient (Wildman–Crippen LogP) is 2.53. The van der Waals surface area contributed by atoms with Crippen molar-refractivity contribution in [2.75, 3.05) is 5.32 Å². The van der Waals surface area contributed by atoms with Crippen LogP contribution in [0, 0.1) is 6.92 Å².